The monoisotopic (exact) mass is 409 g/mol. The first-order valence-corrected chi connectivity index (χ1v) is 10.6. The Labute approximate surface area is 177 Å². The summed E-state index contributed by atoms with van der Waals surface area (Å²) in [6, 6.07) is 12.6. The molecule has 1 atom stereocenters. The molecule has 0 spiro atoms. The van der Waals surface area contributed by atoms with Gasteiger partial charge in [0.2, 0.25) is 5.91 Å². The molecule has 158 valence electrons. The summed E-state index contributed by atoms with van der Waals surface area (Å²) in [6.45, 7) is 6.83. The SMILES string of the molecule is CC(=O)c1ccc(N2CCN([C@@H](C)C(=O)N3CCCc4ccccc43)CC2)c(F)c1. The number of carbonyl (C=O) groups excluding carboxylic acids is 2. The first kappa shape index (κ1) is 20.5. The maximum absolute atomic E-state index is 14.5. The van der Waals surface area contributed by atoms with Gasteiger partial charge in [-0.3, -0.25) is 14.5 Å². The Morgan fingerprint density at radius 3 is 2.40 bits per heavy atom. The van der Waals surface area contributed by atoms with Gasteiger partial charge < -0.3 is 9.80 Å². The molecule has 0 N–H and O–H groups in total. The van der Waals surface area contributed by atoms with E-state index in [1.807, 2.05) is 34.9 Å². The summed E-state index contributed by atoms with van der Waals surface area (Å²) >= 11 is 0. The minimum Gasteiger partial charge on any atom is -0.367 e. The number of hydrogen-bond acceptors (Lipinski definition) is 4. The van der Waals surface area contributed by atoms with Crippen molar-refractivity contribution in [2.75, 3.05) is 42.5 Å². The summed E-state index contributed by atoms with van der Waals surface area (Å²) in [5, 5.41) is 0. The van der Waals surface area contributed by atoms with Crippen LogP contribution in [0.5, 0.6) is 0 Å². The van der Waals surface area contributed by atoms with Crippen LogP contribution in [0.4, 0.5) is 15.8 Å². The van der Waals surface area contributed by atoms with Crippen molar-refractivity contribution in [1.29, 1.82) is 0 Å². The van der Waals surface area contributed by atoms with Crippen molar-refractivity contribution in [2.24, 2.45) is 0 Å². The Balaban J connectivity index is 1.41. The molecule has 0 aliphatic carbocycles. The quantitative estimate of drug-likeness (QED) is 0.725. The number of amides is 1. The minimum atomic E-state index is -0.370. The van der Waals surface area contributed by atoms with Crippen LogP contribution in [0.15, 0.2) is 42.5 Å². The third-order valence-corrected chi connectivity index (χ3v) is 6.29. The van der Waals surface area contributed by atoms with E-state index in [1.54, 1.807) is 12.1 Å². The molecule has 4 rings (SSSR count). The normalized spacial score (nSPS) is 18.1. The van der Waals surface area contributed by atoms with E-state index in [1.165, 1.54) is 18.6 Å². The number of halogens is 1. The van der Waals surface area contributed by atoms with Crippen LogP contribution in [0.25, 0.3) is 0 Å². The lowest BCUT2D eigenvalue weighted by atomic mass is 10.0. The predicted molar refractivity (Wildman–Crippen MR) is 117 cm³/mol. The summed E-state index contributed by atoms with van der Waals surface area (Å²) in [7, 11) is 0. The van der Waals surface area contributed by atoms with Crippen molar-refractivity contribution < 1.29 is 14.0 Å². The highest BCUT2D eigenvalue weighted by atomic mass is 19.1. The zero-order chi connectivity index (χ0) is 21.3. The standard InChI is InChI=1S/C24H28FN3O2/c1-17(24(30)28-11-5-7-19-6-3-4-8-22(19)28)26-12-14-27(15-13-26)23-10-9-20(18(2)29)16-21(23)25/h3-4,6,8-10,16-17H,5,7,11-15H2,1-2H3/t17-/m0/s1. The molecule has 2 heterocycles. The van der Waals surface area contributed by atoms with E-state index in [0.29, 0.717) is 37.4 Å². The van der Waals surface area contributed by atoms with Gasteiger partial charge in [0.25, 0.3) is 0 Å². The number of para-hydroxylation sites is 1. The Hall–Kier alpha value is -2.73. The smallest absolute Gasteiger partial charge is 0.244 e. The number of carbonyl (C=O) groups is 2. The fraction of sp³-hybridized carbons (Fsp3) is 0.417. The number of anilines is 2. The van der Waals surface area contributed by atoms with Gasteiger partial charge in [0, 0.05) is 44.0 Å². The summed E-state index contributed by atoms with van der Waals surface area (Å²) < 4.78 is 14.5. The van der Waals surface area contributed by atoms with Crippen molar-refractivity contribution >= 4 is 23.1 Å². The van der Waals surface area contributed by atoms with Crippen LogP contribution < -0.4 is 9.80 Å². The van der Waals surface area contributed by atoms with Crippen molar-refractivity contribution in [1.82, 2.24) is 4.90 Å². The zero-order valence-electron chi connectivity index (χ0n) is 17.6. The largest absolute Gasteiger partial charge is 0.367 e. The van der Waals surface area contributed by atoms with Gasteiger partial charge in [-0.2, -0.15) is 0 Å². The second-order valence-electron chi connectivity index (χ2n) is 8.14. The van der Waals surface area contributed by atoms with Crippen molar-refractivity contribution in [3.8, 4) is 0 Å². The number of rotatable bonds is 4. The Morgan fingerprint density at radius 2 is 1.70 bits per heavy atom. The molecule has 2 aliphatic heterocycles. The summed E-state index contributed by atoms with van der Waals surface area (Å²) in [4.78, 5) is 30.8. The van der Waals surface area contributed by atoms with Gasteiger partial charge in [0.1, 0.15) is 5.82 Å². The molecule has 2 aromatic carbocycles. The third kappa shape index (κ3) is 3.97. The molecule has 1 fully saturated rings. The van der Waals surface area contributed by atoms with Crippen LogP contribution in [0.1, 0.15) is 36.2 Å². The number of piperazine rings is 1. The summed E-state index contributed by atoms with van der Waals surface area (Å²) in [6.07, 6.45) is 2.00. The van der Waals surface area contributed by atoms with E-state index >= 15 is 0 Å². The topological polar surface area (TPSA) is 43.9 Å². The van der Waals surface area contributed by atoms with E-state index in [0.717, 1.165) is 25.1 Å². The highest BCUT2D eigenvalue weighted by Crippen LogP contribution is 2.28. The van der Waals surface area contributed by atoms with Gasteiger partial charge >= 0.3 is 0 Å². The molecular formula is C24H28FN3O2. The average Bonchev–Trinajstić information content (AvgIpc) is 2.77. The maximum atomic E-state index is 14.5. The second-order valence-corrected chi connectivity index (χ2v) is 8.14. The Kier molecular flexibility index (Phi) is 5.86. The van der Waals surface area contributed by atoms with Crippen molar-refractivity contribution in [3.05, 3.63) is 59.4 Å². The van der Waals surface area contributed by atoms with E-state index < -0.39 is 0 Å². The maximum Gasteiger partial charge on any atom is 0.244 e. The van der Waals surface area contributed by atoms with E-state index in [2.05, 4.69) is 11.0 Å². The molecule has 5 nitrogen and oxygen atoms in total. The molecule has 0 unspecified atom stereocenters. The minimum absolute atomic E-state index is 0.132. The summed E-state index contributed by atoms with van der Waals surface area (Å²) in [5.41, 5.74) is 3.17. The van der Waals surface area contributed by atoms with Crippen LogP contribution in [0, 0.1) is 5.82 Å². The first-order valence-electron chi connectivity index (χ1n) is 10.6. The molecular weight excluding hydrogens is 381 g/mol. The number of fused-ring (bicyclic) bond motifs is 1. The van der Waals surface area contributed by atoms with Gasteiger partial charge in [0.15, 0.2) is 5.78 Å². The molecule has 0 radical (unpaired) electrons. The molecule has 2 aliphatic rings. The molecule has 0 aromatic heterocycles. The van der Waals surface area contributed by atoms with Gasteiger partial charge in [-0.15, -0.1) is 0 Å². The van der Waals surface area contributed by atoms with Crippen LogP contribution in [0.2, 0.25) is 0 Å². The number of ketones is 1. The number of benzene rings is 2. The van der Waals surface area contributed by atoms with Crippen LogP contribution >= 0.6 is 0 Å². The first-order chi connectivity index (χ1) is 14.5. The second kappa shape index (κ2) is 8.56. The predicted octanol–water partition coefficient (Wildman–Crippen LogP) is 3.52. The molecule has 6 heteroatoms. The fourth-order valence-corrected chi connectivity index (χ4v) is 4.48. The zero-order valence-corrected chi connectivity index (χ0v) is 17.6. The molecule has 0 bridgehead atoms. The Morgan fingerprint density at radius 1 is 0.967 bits per heavy atom. The Bertz CT molecular complexity index is 953. The van der Waals surface area contributed by atoms with Gasteiger partial charge in [-0.25, -0.2) is 4.39 Å². The third-order valence-electron chi connectivity index (χ3n) is 6.29. The van der Waals surface area contributed by atoms with Crippen molar-refractivity contribution in [3.63, 3.8) is 0 Å². The molecule has 1 saturated heterocycles. The average molecular weight is 410 g/mol. The number of nitrogens with zero attached hydrogens (tertiary/aromatic N) is 3. The van der Waals surface area contributed by atoms with Crippen LogP contribution in [-0.2, 0) is 11.2 Å². The molecule has 2 aromatic rings. The van der Waals surface area contributed by atoms with Crippen LogP contribution in [0.3, 0.4) is 0 Å². The highest BCUT2D eigenvalue weighted by Gasteiger charge is 2.31. The van der Waals surface area contributed by atoms with Gasteiger partial charge in [0.05, 0.1) is 11.7 Å². The molecule has 1 amide bonds. The lowest BCUT2D eigenvalue weighted by Gasteiger charge is -2.40. The van der Waals surface area contributed by atoms with E-state index in [-0.39, 0.29) is 23.5 Å². The number of hydrogen-bond donors (Lipinski definition) is 0. The summed E-state index contributed by atoms with van der Waals surface area (Å²) in [5.74, 6) is -0.380. The lowest BCUT2D eigenvalue weighted by molar-refractivity contribution is -0.123. The fourth-order valence-electron chi connectivity index (χ4n) is 4.48. The number of Topliss-reactive ketones (excluding diaryl/α,β-unsaturated/α-hetero) is 1. The molecule has 0 saturated carbocycles. The van der Waals surface area contributed by atoms with Gasteiger partial charge in [-0.1, -0.05) is 18.2 Å². The van der Waals surface area contributed by atoms with Crippen LogP contribution in [-0.4, -0.2) is 55.4 Å². The molecule has 30 heavy (non-hydrogen) atoms. The van der Waals surface area contributed by atoms with E-state index in [9.17, 15) is 14.0 Å². The number of aryl methyl sites for hydroxylation is 1. The lowest BCUT2D eigenvalue weighted by Crippen LogP contribution is -2.55. The van der Waals surface area contributed by atoms with Crippen molar-refractivity contribution in [2.45, 2.75) is 32.7 Å². The van der Waals surface area contributed by atoms with Gasteiger partial charge in [-0.05, 0) is 56.5 Å². The van der Waals surface area contributed by atoms with E-state index in [4.69, 9.17) is 0 Å². The highest BCUT2D eigenvalue weighted by molar-refractivity contribution is 5.98.